The van der Waals surface area contributed by atoms with Gasteiger partial charge in [0.25, 0.3) is 0 Å². The van der Waals surface area contributed by atoms with Gasteiger partial charge in [-0.2, -0.15) is 0 Å². The van der Waals surface area contributed by atoms with Crippen LogP contribution in [0, 0.1) is 34.9 Å². The quantitative estimate of drug-likeness (QED) is 0.675. The van der Waals surface area contributed by atoms with Gasteiger partial charge < -0.3 is 5.11 Å². The van der Waals surface area contributed by atoms with E-state index in [1.807, 2.05) is 0 Å². The highest BCUT2D eigenvalue weighted by Gasteiger charge is 2.31. The maximum atomic E-state index is 13.7. The molecule has 0 amide bonds. The highest BCUT2D eigenvalue weighted by atomic mass is 19.2. The number of rotatable bonds is 2. The second-order valence-electron chi connectivity index (χ2n) is 3.91. The van der Waals surface area contributed by atoms with Crippen molar-refractivity contribution in [2.24, 2.45) is 0 Å². The number of carboxylic acid groups (broad SMARTS) is 1. The molecule has 1 N–H and O–H groups in total. The van der Waals surface area contributed by atoms with Crippen molar-refractivity contribution in [3.63, 3.8) is 0 Å². The summed E-state index contributed by atoms with van der Waals surface area (Å²) in [5.74, 6) is -14.1. The molecular weight excluding hydrogens is 302 g/mol. The Morgan fingerprint density at radius 3 is 1.81 bits per heavy atom. The smallest absolute Gasteiger partial charge is 0.341 e. The van der Waals surface area contributed by atoms with Crippen LogP contribution in [0.2, 0.25) is 0 Å². The summed E-state index contributed by atoms with van der Waals surface area (Å²) >= 11 is 0. The third-order valence-electron chi connectivity index (χ3n) is 2.70. The molecule has 0 heterocycles. The predicted molar refractivity (Wildman–Crippen MR) is 58.6 cm³/mol. The van der Waals surface area contributed by atoms with Crippen LogP contribution in [-0.4, -0.2) is 11.1 Å². The fourth-order valence-electron chi connectivity index (χ4n) is 1.75. The molecule has 21 heavy (non-hydrogen) atoms. The third-order valence-corrected chi connectivity index (χ3v) is 2.70. The summed E-state index contributed by atoms with van der Waals surface area (Å²) in [6.45, 7) is 0. The van der Waals surface area contributed by atoms with E-state index in [4.69, 9.17) is 5.11 Å². The molecule has 0 atom stereocenters. The van der Waals surface area contributed by atoms with Gasteiger partial charge in [-0.1, -0.05) is 12.1 Å². The van der Waals surface area contributed by atoms with Gasteiger partial charge in [0.2, 0.25) is 0 Å². The fraction of sp³-hybridized carbons (Fsp3) is 0. The second-order valence-corrected chi connectivity index (χ2v) is 3.91. The molecule has 2 rings (SSSR count). The highest BCUT2D eigenvalue weighted by molar-refractivity contribution is 5.89. The standard InChI is InChI=1S/C13H4F6O2/c14-5-3-1-2-4(8(5)15)6-9(16)11(18)7(13(20)21)12(19)10(6)17/h1-3H,(H,20,21). The Balaban J connectivity index is 2.89. The van der Waals surface area contributed by atoms with Crippen LogP contribution in [0.25, 0.3) is 11.1 Å². The average Bonchev–Trinajstić information content (AvgIpc) is 2.41. The number of hydrogen-bond acceptors (Lipinski definition) is 1. The van der Waals surface area contributed by atoms with Crippen LogP contribution < -0.4 is 0 Å². The molecule has 0 fully saturated rings. The Morgan fingerprint density at radius 1 is 0.810 bits per heavy atom. The Hall–Kier alpha value is -2.51. The number of benzene rings is 2. The van der Waals surface area contributed by atoms with Crippen LogP contribution in [0.1, 0.15) is 10.4 Å². The molecule has 0 spiro atoms. The Bertz CT molecular complexity index is 728. The van der Waals surface area contributed by atoms with Crippen LogP contribution in [0.4, 0.5) is 26.3 Å². The zero-order chi connectivity index (χ0) is 15.9. The van der Waals surface area contributed by atoms with Crippen molar-refractivity contribution in [1.29, 1.82) is 0 Å². The van der Waals surface area contributed by atoms with Gasteiger partial charge in [-0.05, 0) is 6.07 Å². The Morgan fingerprint density at radius 2 is 1.33 bits per heavy atom. The number of hydrogen-bond donors (Lipinski definition) is 1. The van der Waals surface area contributed by atoms with E-state index >= 15 is 0 Å². The molecule has 0 aliphatic rings. The molecule has 2 aromatic rings. The zero-order valence-electron chi connectivity index (χ0n) is 9.86. The van der Waals surface area contributed by atoms with Crippen LogP contribution in [0.3, 0.4) is 0 Å². The normalized spacial score (nSPS) is 10.8. The number of halogens is 6. The van der Waals surface area contributed by atoms with E-state index in [2.05, 4.69) is 0 Å². The van der Waals surface area contributed by atoms with Gasteiger partial charge in [0.15, 0.2) is 34.9 Å². The molecule has 0 aromatic heterocycles. The molecule has 0 aliphatic carbocycles. The van der Waals surface area contributed by atoms with Crippen molar-refractivity contribution in [3.05, 3.63) is 58.7 Å². The molecular formula is C13H4F6O2. The monoisotopic (exact) mass is 306 g/mol. The van der Waals surface area contributed by atoms with Crippen molar-refractivity contribution >= 4 is 5.97 Å². The molecule has 110 valence electrons. The van der Waals surface area contributed by atoms with Crippen LogP contribution in [0.15, 0.2) is 18.2 Å². The molecule has 0 saturated heterocycles. The molecule has 0 unspecified atom stereocenters. The first kappa shape index (κ1) is 14.9. The summed E-state index contributed by atoms with van der Waals surface area (Å²) in [4.78, 5) is 10.6. The summed E-state index contributed by atoms with van der Waals surface area (Å²) in [5, 5.41) is 8.51. The fourth-order valence-corrected chi connectivity index (χ4v) is 1.75. The van der Waals surface area contributed by atoms with Gasteiger partial charge in [-0.3, -0.25) is 0 Å². The number of carboxylic acids is 1. The van der Waals surface area contributed by atoms with Gasteiger partial charge in [-0.25, -0.2) is 31.1 Å². The number of aromatic carboxylic acids is 1. The van der Waals surface area contributed by atoms with Crippen LogP contribution >= 0.6 is 0 Å². The lowest BCUT2D eigenvalue weighted by Gasteiger charge is -2.11. The van der Waals surface area contributed by atoms with Gasteiger partial charge in [0.1, 0.15) is 5.56 Å². The summed E-state index contributed by atoms with van der Waals surface area (Å²) in [7, 11) is 0. The second kappa shape index (κ2) is 5.12. The Kier molecular flexibility index (Phi) is 3.63. The van der Waals surface area contributed by atoms with E-state index in [0.717, 1.165) is 6.07 Å². The minimum Gasteiger partial charge on any atom is -0.477 e. The van der Waals surface area contributed by atoms with E-state index < -0.39 is 57.6 Å². The SMILES string of the molecule is O=C(O)c1c(F)c(F)c(-c2cccc(F)c2F)c(F)c1F. The minimum absolute atomic E-state index is 0.632. The molecule has 0 aliphatic heterocycles. The lowest BCUT2D eigenvalue weighted by atomic mass is 10.00. The molecule has 0 bridgehead atoms. The lowest BCUT2D eigenvalue weighted by Crippen LogP contribution is -2.12. The lowest BCUT2D eigenvalue weighted by molar-refractivity contribution is 0.0683. The van der Waals surface area contributed by atoms with Crippen molar-refractivity contribution in [3.8, 4) is 11.1 Å². The first-order valence-electron chi connectivity index (χ1n) is 5.31. The molecule has 8 heteroatoms. The highest BCUT2D eigenvalue weighted by Crippen LogP contribution is 2.34. The van der Waals surface area contributed by atoms with E-state index in [1.165, 1.54) is 0 Å². The molecule has 0 radical (unpaired) electrons. The zero-order valence-corrected chi connectivity index (χ0v) is 9.86. The maximum absolute atomic E-state index is 13.7. The van der Waals surface area contributed by atoms with Gasteiger partial charge in [-0.15, -0.1) is 0 Å². The van der Waals surface area contributed by atoms with Crippen LogP contribution in [0.5, 0.6) is 0 Å². The first-order chi connectivity index (χ1) is 9.77. The van der Waals surface area contributed by atoms with Gasteiger partial charge in [0, 0.05) is 5.56 Å². The largest absolute Gasteiger partial charge is 0.477 e. The van der Waals surface area contributed by atoms with Gasteiger partial charge >= 0.3 is 5.97 Å². The average molecular weight is 306 g/mol. The summed E-state index contributed by atoms with van der Waals surface area (Å²) < 4.78 is 81.0. The Labute approximate surface area is 113 Å². The van der Waals surface area contributed by atoms with E-state index in [1.54, 1.807) is 0 Å². The molecule has 2 aromatic carbocycles. The molecule has 2 nitrogen and oxygen atoms in total. The van der Waals surface area contributed by atoms with Crippen molar-refractivity contribution in [2.75, 3.05) is 0 Å². The van der Waals surface area contributed by atoms with Crippen molar-refractivity contribution < 1.29 is 36.2 Å². The maximum Gasteiger partial charge on any atom is 0.341 e. The topological polar surface area (TPSA) is 37.3 Å². The number of carbonyl (C=O) groups is 1. The van der Waals surface area contributed by atoms with Crippen molar-refractivity contribution in [1.82, 2.24) is 0 Å². The van der Waals surface area contributed by atoms with Gasteiger partial charge in [0.05, 0.1) is 5.56 Å². The van der Waals surface area contributed by atoms with Crippen molar-refractivity contribution in [2.45, 2.75) is 0 Å². The predicted octanol–water partition coefficient (Wildman–Crippen LogP) is 3.89. The van der Waals surface area contributed by atoms with E-state index in [-0.39, 0.29) is 0 Å². The summed E-state index contributed by atoms with van der Waals surface area (Å²) in [6, 6.07) is 2.19. The van der Waals surface area contributed by atoms with Crippen LogP contribution in [-0.2, 0) is 0 Å². The third kappa shape index (κ3) is 2.22. The summed E-state index contributed by atoms with van der Waals surface area (Å²) in [6.07, 6.45) is 0. The minimum atomic E-state index is -2.24. The first-order valence-corrected chi connectivity index (χ1v) is 5.31. The van der Waals surface area contributed by atoms with E-state index in [0.29, 0.717) is 12.1 Å². The summed E-state index contributed by atoms with van der Waals surface area (Å²) in [5.41, 5.74) is -4.45. The van der Waals surface area contributed by atoms with E-state index in [9.17, 15) is 31.1 Å². The molecule has 0 saturated carbocycles.